The summed E-state index contributed by atoms with van der Waals surface area (Å²) in [7, 11) is 0. The molecule has 1 amide bonds. The maximum atomic E-state index is 12.1. The highest BCUT2D eigenvalue weighted by Crippen LogP contribution is 2.08. The summed E-state index contributed by atoms with van der Waals surface area (Å²) in [5.41, 5.74) is 0.867. The minimum absolute atomic E-state index is 0.109. The largest absolute Gasteiger partial charge is 0.480 e. The Morgan fingerprint density at radius 2 is 2.05 bits per heavy atom. The van der Waals surface area contributed by atoms with Crippen molar-refractivity contribution in [2.24, 2.45) is 0 Å². The lowest BCUT2D eigenvalue weighted by atomic mass is 10.1. The van der Waals surface area contributed by atoms with E-state index in [1.807, 2.05) is 30.3 Å². The average Bonchev–Trinajstić information content (AvgIpc) is 2.50. The zero-order valence-corrected chi connectivity index (χ0v) is 12.0. The van der Waals surface area contributed by atoms with Crippen molar-refractivity contribution < 1.29 is 24.2 Å². The van der Waals surface area contributed by atoms with Gasteiger partial charge in [0.2, 0.25) is 5.91 Å². The van der Waals surface area contributed by atoms with Crippen molar-refractivity contribution in [3.63, 3.8) is 0 Å². The van der Waals surface area contributed by atoms with Crippen molar-refractivity contribution in [3.8, 4) is 0 Å². The number of nitrogens with zero attached hydrogens (tertiary/aromatic N) is 1. The number of carbonyl (C=O) groups is 3. The molecule has 22 heavy (non-hydrogen) atoms. The predicted molar refractivity (Wildman–Crippen MR) is 76.9 cm³/mol. The molecule has 0 aromatic heterocycles. The molecule has 1 aliphatic rings. The number of nitrogens with one attached hydrogen (secondary N) is 1. The lowest BCUT2D eigenvalue weighted by Crippen LogP contribution is -2.56. The predicted octanol–water partition coefficient (Wildman–Crippen LogP) is 0.00490. The molecule has 0 bridgehead atoms. The van der Waals surface area contributed by atoms with Crippen LogP contribution in [-0.2, 0) is 25.7 Å². The molecule has 7 nitrogen and oxygen atoms in total. The van der Waals surface area contributed by atoms with Gasteiger partial charge in [-0.3, -0.25) is 14.4 Å². The van der Waals surface area contributed by atoms with Gasteiger partial charge in [0.1, 0.15) is 13.2 Å². The lowest BCUT2D eigenvalue weighted by molar-refractivity contribution is -0.151. The zero-order chi connectivity index (χ0) is 15.9. The summed E-state index contributed by atoms with van der Waals surface area (Å²) < 4.78 is 5.13. The van der Waals surface area contributed by atoms with Crippen LogP contribution in [0, 0.1) is 0 Å². The maximum Gasteiger partial charge on any atom is 0.323 e. The molecule has 1 heterocycles. The van der Waals surface area contributed by atoms with Gasteiger partial charge < -0.3 is 20.1 Å². The van der Waals surface area contributed by atoms with Gasteiger partial charge in [0.15, 0.2) is 0 Å². The van der Waals surface area contributed by atoms with E-state index >= 15 is 0 Å². The number of carboxylic acids is 1. The highest BCUT2D eigenvalue weighted by molar-refractivity contribution is 5.89. The van der Waals surface area contributed by atoms with Gasteiger partial charge >= 0.3 is 11.9 Å². The molecule has 0 radical (unpaired) electrons. The molecule has 1 fully saturated rings. The standard InChI is InChI=1S/C15H18N2O5/c18-13(19)9-17-7-6-16-12(15(17)21)8-14(20)22-10-11-4-2-1-3-5-11/h1-5,12,16H,6-10H2,(H,18,19)/t12-/m0/s1. The number of ether oxygens (including phenoxy) is 1. The van der Waals surface area contributed by atoms with Gasteiger partial charge in [-0.05, 0) is 5.56 Å². The summed E-state index contributed by atoms with van der Waals surface area (Å²) in [5, 5.41) is 11.7. The fourth-order valence-electron chi connectivity index (χ4n) is 2.24. The Balaban J connectivity index is 1.82. The van der Waals surface area contributed by atoms with Gasteiger partial charge in [-0.2, -0.15) is 0 Å². The quantitative estimate of drug-likeness (QED) is 0.719. The molecule has 0 spiro atoms. The second-order valence-electron chi connectivity index (χ2n) is 5.01. The normalized spacial score (nSPS) is 18.1. The number of aliphatic carboxylic acids is 1. The molecular formula is C15H18N2O5. The third-order valence-corrected chi connectivity index (χ3v) is 3.32. The van der Waals surface area contributed by atoms with E-state index in [1.165, 1.54) is 4.90 Å². The van der Waals surface area contributed by atoms with Crippen LogP contribution in [0.2, 0.25) is 0 Å². The highest BCUT2D eigenvalue weighted by Gasteiger charge is 2.31. The van der Waals surface area contributed by atoms with E-state index in [4.69, 9.17) is 9.84 Å². The Labute approximate surface area is 127 Å². The Hall–Kier alpha value is -2.41. The molecular weight excluding hydrogens is 288 g/mol. The van der Waals surface area contributed by atoms with E-state index in [2.05, 4.69) is 5.32 Å². The maximum absolute atomic E-state index is 12.1. The summed E-state index contributed by atoms with van der Waals surface area (Å²) in [5.74, 6) is -1.95. The molecule has 2 rings (SSSR count). The van der Waals surface area contributed by atoms with E-state index in [0.29, 0.717) is 13.1 Å². The van der Waals surface area contributed by atoms with Crippen LogP contribution in [0.25, 0.3) is 0 Å². The summed E-state index contributed by atoms with van der Waals surface area (Å²) in [6, 6.07) is 8.51. The number of esters is 1. The molecule has 0 saturated carbocycles. The van der Waals surface area contributed by atoms with E-state index < -0.39 is 18.0 Å². The molecule has 118 valence electrons. The third kappa shape index (κ3) is 4.56. The van der Waals surface area contributed by atoms with Crippen molar-refractivity contribution in [3.05, 3.63) is 35.9 Å². The summed E-state index contributed by atoms with van der Waals surface area (Å²) >= 11 is 0. The van der Waals surface area contributed by atoms with Crippen LogP contribution in [0.4, 0.5) is 0 Å². The lowest BCUT2D eigenvalue weighted by Gasteiger charge is -2.31. The number of hydrogen-bond acceptors (Lipinski definition) is 5. The van der Waals surface area contributed by atoms with Crippen LogP contribution in [0.15, 0.2) is 30.3 Å². The van der Waals surface area contributed by atoms with Gasteiger partial charge in [-0.25, -0.2) is 0 Å². The summed E-state index contributed by atoms with van der Waals surface area (Å²) in [6.45, 7) is 0.575. The molecule has 1 saturated heterocycles. The Morgan fingerprint density at radius 3 is 2.73 bits per heavy atom. The van der Waals surface area contributed by atoms with E-state index in [-0.39, 0.29) is 25.5 Å². The highest BCUT2D eigenvalue weighted by atomic mass is 16.5. The van der Waals surface area contributed by atoms with E-state index in [9.17, 15) is 14.4 Å². The minimum Gasteiger partial charge on any atom is -0.480 e. The first-order valence-electron chi connectivity index (χ1n) is 7.00. The fraction of sp³-hybridized carbons (Fsp3) is 0.400. The second kappa shape index (κ2) is 7.56. The molecule has 0 aliphatic carbocycles. The van der Waals surface area contributed by atoms with Crippen molar-refractivity contribution in [1.82, 2.24) is 10.2 Å². The molecule has 1 atom stereocenters. The van der Waals surface area contributed by atoms with Crippen molar-refractivity contribution >= 4 is 17.8 Å². The van der Waals surface area contributed by atoms with E-state index in [0.717, 1.165) is 5.56 Å². The zero-order valence-electron chi connectivity index (χ0n) is 12.0. The molecule has 0 unspecified atom stereocenters. The molecule has 1 aliphatic heterocycles. The molecule has 7 heteroatoms. The van der Waals surface area contributed by atoms with Crippen LogP contribution in [0.5, 0.6) is 0 Å². The summed E-state index contributed by atoms with van der Waals surface area (Å²) in [4.78, 5) is 35.8. The first-order chi connectivity index (χ1) is 10.6. The number of carbonyl (C=O) groups excluding carboxylic acids is 2. The van der Waals surface area contributed by atoms with Gasteiger partial charge in [0, 0.05) is 13.1 Å². The van der Waals surface area contributed by atoms with Gasteiger partial charge in [-0.15, -0.1) is 0 Å². The first kappa shape index (κ1) is 16.0. The van der Waals surface area contributed by atoms with Crippen LogP contribution in [0.1, 0.15) is 12.0 Å². The van der Waals surface area contributed by atoms with Crippen molar-refractivity contribution in [1.29, 1.82) is 0 Å². The Morgan fingerprint density at radius 1 is 1.32 bits per heavy atom. The van der Waals surface area contributed by atoms with Crippen molar-refractivity contribution in [2.75, 3.05) is 19.6 Å². The number of hydrogen-bond donors (Lipinski definition) is 2. The monoisotopic (exact) mass is 306 g/mol. The summed E-state index contributed by atoms with van der Waals surface area (Å²) in [6.07, 6.45) is -0.109. The first-order valence-corrected chi connectivity index (χ1v) is 7.00. The van der Waals surface area contributed by atoms with Crippen LogP contribution < -0.4 is 5.32 Å². The molecule has 1 aromatic carbocycles. The van der Waals surface area contributed by atoms with Gasteiger partial charge in [0.25, 0.3) is 0 Å². The number of amides is 1. The third-order valence-electron chi connectivity index (χ3n) is 3.32. The Kier molecular flexibility index (Phi) is 5.48. The van der Waals surface area contributed by atoms with Crippen molar-refractivity contribution in [2.45, 2.75) is 19.1 Å². The molecule has 1 aromatic rings. The van der Waals surface area contributed by atoms with Gasteiger partial charge in [0.05, 0.1) is 12.5 Å². The fourth-order valence-corrected chi connectivity index (χ4v) is 2.24. The number of rotatable bonds is 6. The second-order valence-corrected chi connectivity index (χ2v) is 5.01. The van der Waals surface area contributed by atoms with Crippen LogP contribution in [0.3, 0.4) is 0 Å². The van der Waals surface area contributed by atoms with Crippen LogP contribution in [-0.4, -0.2) is 53.5 Å². The SMILES string of the molecule is O=C(O)CN1CCN[C@@H](CC(=O)OCc2ccccc2)C1=O. The van der Waals surface area contributed by atoms with Crippen LogP contribution >= 0.6 is 0 Å². The van der Waals surface area contributed by atoms with Gasteiger partial charge in [-0.1, -0.05) is 30.3 Å². The smallest absolute Gasteiger partial charge is 0.323 e. The average molecular weight is 306 g/mol. The topological polar surface area (TPSA) is 95.9 Å². The number of carboxylic acid groups (broad SMARTS) is 1. The number of piperazine rings is 1. The molecule has 2 N–H and O–H groups in total. The Bertz CT molecular complexity index is 546. The minimum atomic E-state index is -1.07. The number of benzene rings is 1. The van der Waals surface area contributed by atoms with E-state index in [1.54, 1.807) is 0 Å².